The first kappa shape index (κ1) is 18.2. The van der Waals surface area contributed by atoms with Crippen molar-refractivity contribution in [2.45, 2.75) is 12.5 Å². The van der Waals surface area contributed by atoms with E-state index in [1.165, 1.54) is 0 Å². The average Bonchev–Trinajstić information content (AvgIpc) is 3.31. The number of imide groups is 1. The van der Waals surface area contributed by atoms with Crippen LogP contribution in [0.4, 0.5) is 4.79 Å². The zero-order valence-corrected chi connectivity index (χ0v) is 16.2. The minimum absolute atomic E-state index is 0.101. The minimum Gasteiger partial charge on any atom is -0.454 e. The van der Waals surface area contributed by atoms with Gasteiger partial charge >= 0.3 is 6.03 Å². The summed E-state index contributed by atoms with van der Waals surface area (Å²) < 4.78 is 10.5. The Hall–Kier alpha value is -3.87. The highest BCUT2D eigenvalue weighted by atomic mass is 16.7. The normalized spacial score (nSPS) is 20.0. The summed E-state index contributed by atoms with van der Waals surface area (Å²) in [6, 6.07) is 17.6. The van der Waals surface area contributed by atoms with Crippen LogP contribution in [0.3, 0.4) is 0 Å². The van der Waals surface area contributed by atoms with E-state index in [-0.39, 0.29) is 19.1 Å². The molecule has 0 aliphatic carbocycles. The van der Waals surface area contributed by atoms with E-state index in [1.807, 2.05) is 42.5 Å². The smallest absolute Gasteiger partial charge is 0.325 e. The molecule has 3 aromatic carbocycles. The molecule has 0 saturated carbocycles. The molecule has 0 spiro atoms. The van der Waals surface area contributed by atoms with Crippen LogP contribution < -0.4 is 14.8 Å². The van der Waals surface area contributed by atoms with E-state index < -0.39 is 17.5 Å². The number of ether oxygens (including phenoxy) is 2. The van der Waals surface area contributed by atoms with E-state index in [9.17, 15) is 14.4 Å². The van der Waals surface area contributed by atoms with Crippen molar-refractivity contribution in [1.29, 1.82) is 0 Å². The third-order valence-corrected chi connectivity index (χ3v) is 5.60. The van der Waals surface area contributed by atoms with Gasteiger partial charge in [-0.2, -0.15) is 0 Å². The first-order valence-electron chi connectivity index (χ1n) is 9.52. The molecule has 0 bridgehead atoms. The fourth-order valence-electron chi connectivity index (χ4n) is 3.84. The highest BCUT2D eigenvalue weighted by Gasteiger charge is 2.49. The van der Waals surface area contributed by atoms with Crippen molar-refractivity contribution < 1.29 is 23.9 Å². The molecule has 2 aliphatic rings. The van der Waals surface area contributed by atoms with Gasteiger partial charge in [0.2, 0.25) is 6.79 Å². The molecule has 5 rings (SSSR count). The molecular weight excluding hydrogens is 384 g/mol. The average molecular weight is 402 g/mol. The number of nitrogens with zero attached hydrogens (tertiary/aromatic N) is 1. The van der Waals surface area contributed by atoms with Crippen LogP contribution in [0, 0.1) is 0 Å². The molecule has 1 saturated heterocycles. The van der Waals surface area contributed by atoms with E-state index in [4.69, 9.17) is 9.47 Å². The summed E-state index contributed by atoms with van der Waals surface area (Å²) >= 11 is 0. The van der Waals surface area contributed by atoms with Gasteiger partial charge in [0.15, 0.2) is 17.3 Å². The predicted molar refractivity (Wildman–Crippen MR) is 108 cm³/mol. The maximum atomic E-state index is 13.2. The number of fused-ring (bicyclic) bond motifs is 2. The molecule has 2 aliphatic heterocycles. The van der Waals surface area contributed by atoms with Gasteiger partial charge in [-0.1, -0.05) is 36.4 Å². The van der Waals surface area contributed by atoms with E-state index in [0.29, 0.717) is 22.6 Å². The Balaban J connectivity index is 1.41. The molecule has 3 amide bonds. The molecule has 2 heterocycles. The molecule has 150 valence electrons. The van der Waals surface area contributed by atoms with Crippen molar-refractivity contribution >= 4 is 28.5 Å². The largest absolute Gasteiger partial charge is 0.454 e. The number of hydrogen-bond donors (Lipinski definition) is 1. The molecule has 1 atom stereocenters. The van der Waals surface area contributed by atoms with Crippen molar-refractivity contribution in [1.82, 2.24) is 10.2 Å². The number of Topliss-reactive ketones (excluding diaryl/α,β-unsaturated/α-hetero) is 1. The highest BCUT2D eigenvalue weighted by Crippen LogP contribution is 2.34. The number of ketones is 1. The quantitative estimate of drug-likeness (QED) is 0.535. The van der Waals surface area contributed by atoms with E-state index in [2.05, 4.69) is 5.32 Å². The Morgan fingerprint density at radius 3 is 2.60 bits per heavy atom. The Labute approximate surface area is 172 Å². The minimum atomic E-state index is -1.24. The maximum Gasteiger partial charge on any atom is 0.325 e. The molecule has 7 heteroatoms. The first-order chi connectivity index (χ1) is 14.5. The lowest BCUT2D eigenvalue weighted by Gasteiger charge is -2.22. The van der Waals surface area contributed by atoms with Gasteiger partial charge in [0.25, 0.3) is 5.91 Å². The number of carbonyl (C=O) groups is 3. The summed E-state index contributed by atoms with van der Waals surface area (Å²) in [5, 5.41) is 4.75. The molecular formula is C23H18N2O5. The Morgan fingerprint density at radius 2 is 1.77 bits per heavy atom. The maximum absolute atomic E-state index is 13.2. The van der Waals surface area contributed by atoms with Crippen molar-refractivity contribution in [3.05, 3.63) is 71.8 Å². The summed E-state index contributed by atoms with van der Waals surface area (Å²) in [6.45, 7) is 1.40. The molecule has 7 nitrogen and oxygen atoms in total. The number of benzene rings is 3. The van der Waals surface area contributed by atoms with Crippen LogP contribution in [0.25, 0.3) is 10.8 Å². The standard InChI is InChI=1S/C23H18N2O5/c1-23(17-8-6-14-4-2-3-5-15(14)10-17)21(27)25(22(28)24-23)12-18(26)16-7-9-19-20(11-16)30-13-29-19/h2-11H,12-13H2,1H3,(H,24,28)/t23-/m1/s1. The summed E-state index contributed by atoms with van der Waals surface area (Å²) in [6.07, 6.45) is 0. The third kappa shape index (κ3) is 2.78. The lowest BCUT2D eigenvalue weighted by molar-refractivity contribution is -0.130. The molecule has 1 N–H and O–H groups in total. The highest BCUT2D eigenvalue weighted by molar-refractivity contribution is 6.11. The molecule has 0 unspecified atom stereocenters. The monoisotopic (exact) mass is 402 g/mol. The van der Waals surface area contributed by atoms with Crippen molar-refractivity contribution in [2.75, 3.05) is 13.3 Å². The van der Waals surface area contributed by atoms with E-state index >= 15 is 0 Å². The van der Waals surface area contributed by atoms with E-state index in [0.717, 1.165) is 15.7 Å². The van der Waals surface area contributed by atoms with E-state index in [1.54, 1.807) is 25.1 Å². The summed E-state index contributed by atoms with van der Waals surface area (Å²) in [5.41, 5.74) is -0.229. The van der Waals surface area contributed by atoms with Gasteiger partial charge in [0.05, 0.1) is 6.54 Å². The number of amides is 3. The molecule has 0 radical (unpaired) electrons. The fourth-order valence-corrected chi connectivity index (χ4v) is 3.84. The van der Waals surface area contributed by atoms with Gasteiger partial charge in [-0.05, 0) is 47.5 Å². The number of urea groups is 1. The van der Waals surface area contributed by atoms with Crippen molar-refractivity contribution in [3.63, 3.8) is 0 Å². The zero-order chi connectivity index (χ0) is 20.9. The second-order valence-electron chi connectivity index (χ2n) is 7.50. The number of rotatable bonds is 4. The summed E-state index contributed by atoms with van der Waals surface area (Å²) in [5.74, 6) is 0.209. The van der Waals surface area contributed by atoms with Gasteiger partial charge in [-0.15, -0.1) is 0 Å². The molecule has 30 heavy (non-hydrogen) atoms. The summed E-state index contributed by atoms with van der Waals surface area (Å²) in [7, 11) is 0. The predicted octanol–water partition coefficient (Wildman–Crippen LogP) is 3.22. The van der Waals surface area contributed by atoms with Crippen LogP contribution in [-0.4, -0.2) is 36.0 Å². The van der Waals surface area contributed by atoms with Gasteiger partial charge in [-0.3, -0.25) is 14.5 Å². The number of nitrogens with one attached hydrogen (secondary N) is 1. The molecule has 0 aromatic heterocycles. The van der Waals surface area contributed by atoms with Crippen LogP contribution in [0.1, 0.15) is 22.8 Å². The molecule has 3 aromatic rings. The number of carbonyl (C=O) groups excluding carboxylic acids is 3. The molecule has 1 fully saturated rings. The van der Waals surface area contributed by atoms with Gasteiger partial charge in [0, 0.05) is 5.56 Å². The lowest BCUT2D eigenvalue weighted by atomic mass is 9.90. The van der Waals surface area contributed by atoms with Crippen molar-refractivity contribution in [2.24, 2.45) is 0 Å². The van der Waals surface area contributed by atoms with Crippen LogP contribution in [0.5, 0.6) is 11.5 Å². The van der Waals surface area contributed by atoms with Gasteiger partial charge < -0.3 is 14.8 Å². The second kappa shape index (κ2) is 6.59. The Kier molecular flexibility index (Phi) is 3.99. The topological polar surface area (TPSA) is 84.9 Å². The van der Waals surface area contributed by atoms with Gasteiger partial charge in [0.1, 0.15) is 5.54 Å². The Bertz CT molecular complexity index is 1220. The van der Waals surface area contributed by atoms with Crippen LogP contribution in [0.2, 0.25) is 0 Å². The fraction of sp³-hybridized carbons (Fsp3) is 0.174. The SMILES string of the molecule is C[C@]1(c2ccc3ccccc3c2)NC(=O)N(CC(=O)c2ccc3c(c2)OCO3)C1=O. The number of hydrogen-bond acceptors (Lipinski definition) is 5. The lowest BCUT2D eigenvalue weighted by Crippen LogP contribution is -2.41. The van der Waals surface area contributed by atoms with Crippen molar-refractivity contribution in [3.8, 4) is 11.5 Å². The summed E-state index contributed by atoms with van der Waals surface area (Å²) in [4.78, 5) is 39.5. The third-order valence-electron chi connectivity index (χ3n) is 5.60. The zero-order valence-electron chi connectivity index (χ0n) is 16.2. The van der Waals surface area contributed by atoms with Crippen LogP contribution >= 0.6 is 0 Å². The Morgan fingerprint density at radius 1 is 1.00 bits per heavy atom. The first-order valence-corrected chi connectivity index (χ1v) is 9.52. The van der Waals surface area contributed by atoms with Gasteiger partial charge in [-0.25, -0.2) is 4.79 Å². The van der Waals surface area contributed by atoms with Crippen LogP contribution in [0.15, 0.2) is 60.7 Å². The van der Waals surface area contributed by atoms with Crippen LogP contribution in [-0.2, 0) is 10.3 Å². The second-order valence-corrected chi connectivity index (χ2v) is 7.50.